The molecule has 0 unspecified atom stereocenters. The summed E-state index contributed by atoms with van der Waals surface area (Å²) in [5.74, 6) is 0.408. The maximum Gasteiger partial charge on any atom is 0.262 e. The Morgan fingerprint density at radius 2 is 1.95 bits per heavy atom. The van der Waals surface area contributed by atoms with Gasteiger partial charge in [0, 0.05) is 20.8 Å². The SMILES string of the molecule is O=C(COc1cccc2cccnc12)Nc1cccc(I)c1. The second kappa shape index (κ2) is 6.74. The van der Waals surface area contributed by atoms with Crippen LogP contribution >= 0.6 is 22.6 Å². The maximum absolute atomic E-state index is 12.0. The third-order valence-electron chi connectivity index (χ3n) is 3.06. The van der Waals surface area contributed by atoms with Crippen LogP contribution in [0.25, 0.3) is 10.9 Å². The molecule has 110 valence electrons. The van der Waals surface area contributed by atoms with E-state index in [0.717, 1.165) is 20.2 Å². The Labute approximate surface area is 141 Å². The lowest BCUT2D eigenvalue weighted by Crippen LogP contribution is -2.20. The maximum atomic E-state index is 12.0. The fourth-order valence-electron chi connectivity index (χ4n) is 2.10. The van der Waals surface area contributed by atoms with Crippen molar-refractivity contribution in [3.8, 4) is 5.75 Å². The standard InChI is InChI=1S/C17H13IN2O2/c18-13-6-2-7-14(10-13)20-16(21)11-22-15-8-1-4-12-5-3-9-19-17(12)15/h1-10H,11H2,(H,20,21). The summed E-state index contributed by atoms with van der Waals surface area (Å²) in [6.07, 6.45) is 1.71. The smallest absolute Gasteiger partial charge is 0.262 e. The van der Waals surface area contributed by atoms with Gasteiger partial charge in [-0.3, -0.25) is 9.78 Å². The highest BCUT2D eigenvalue weighted by molar-refractivity contribution is 14.1. The van der Waals surface area contributed by atoms with Gasteiger partial charge in [0.25, 0.3) is 5.91 Å². The molecule has 1 amide bonds. The topological polar surface area (TPSA) is 51.2 Å². The van der Waals surface area contributed by atoms with E-state index in [1.807, 2.05) is 54.6 Å². The number of fused-ring (bicyclic) bond motifs is 1. The molecular formula is C17H13IN2O2. The van der Waals surface area contributed by atoms with Crippen LogP contribution in [-0.4, -0.2) is 17.5 Å². The van der Waals surface area contributed by atoms with Crippen molar-refractivity contribution in [1.29, 1.82) is 0 Å². The average molecular weight is 404 g/mol. The van der Waals surface area contributed by atoms with Crippen molar-refractivity contribution in [3.63, 3.8) is 0 Å². The molecule has 1 N–H and O–H groups in total. The summed E-state index contributed by atoms with van der Waals surface area (Å²) in [7, 11) is 0. The van der Waals surface area contributed by atoms with Gasteiger partial charge >= 0.3 is 0 Å². The van der Waals surface area contributed by atoms with E-state index in [2.05, 4.69) is 32.9 Å². The molecule has 1 heterocycles. The summed E-state index contributed by atoms with van der Waals surface area (Å²) in [6, 6.07) is 17.1. The number of halogens is 1. The number of amides is 1. The van der Waals surface area contributed by atoms with E-state index in [4.69, 9.17) is 4.74 Å². The number of pyridine rings is 1. The molecule has 22 heavy (non-hydrogen) atoms. The van der Waals surface area contributed by atoms with Crippen molar-refractivity contribution < 1.29 is 9.53 Å². The van der Waals surface area contributed by atoms with Crippen molar-refractivity contribution in [1.82, 2.24) is 4.98 Å². The highest BCUT2D eigenvalue weighted by Gasteiger charge is 2.07. The van der Waals surface area contributed by atoms with Crippen LogP contribution in [0.5, 0.6) is 5.75 Å². The highest BCUT2D eigenvalue weighted by atomic mass is 127. The van der Waals surface area contributed by atoms with E-state index in [1.54, 1.807) is 6.20 Å². The third kappa shape index (κ3) is 3.54. The molecule has 0 aliphatic carbocycles. The average Bonchev–Trinajstić information content (AvgIpc) is 2.53. The second-order valence-corrected chi connectivity index (χ2v) is 5.92. The first-order valence-electron chi connectivity index (χ1n) is 6.74. The summed E-state index contributed by atoms with van der Waals surface area (Å²) in [5, 5.41) is 3.80. The number of aromatic nitrogens is 1. The van der Waals surface area contributed by atoms with Gasteiger partial charge in [0.15, 0.2) is 6.61 Å². The van der Waals surface area contributed by atoms with Crippen LogP contribution < -0.4 is 10.1 Å². The van der Waals surface area contributed by atoms with E-state index >= 15 is 0 Å². The third-order valence-corrected chi connectivity index (χ3v) is 3.73. The molecule has 0 spiro atoms. The minimum Gasteiger partial charge on any atom is -0.481 e. The fourth-order valence-corrected chi connectivity index (χ4v) is 2.64. The van der Waals surface area contributed by atoms with E-state index in [0.29, 0.717) is 5.75 Å². The molecule has 0 bridgehead atoms. The van der Waals surface area contributed by atoms with Gasteiger partial charge < -0.3 is 10.1 Å². The molecule has 1 aromatic heterocycles. The lowest BCUT2D eigenvalue weighted by atomic mass is 10.2. The number of nitrogens with zero attached hydrogens (tertiary/aromatic N) is 1. The monoisotopic (exact) mass is 404 g/mol. The zero-order valence-electron chi connectivity index (χ0n) is 11.6. The van der Waals surface area contributed by atoms with Crippen LogP contribution in [0, 0.1) is 3.57 Å². The Bertz CT molecular complexity index is 815. The Morgan fingerprint density at radius 3 is 2.82 bits per heavy atom. The normalized spacial score (nSPS) is 10.4. The molecule has 0 aliphatic rings. The first kappa shape index (κ1) is 14.8. The van der Waals surface area contributed by atoms with E-state index < -0.39 is 0 Å². The number of nitrogens with one attached hydrogen (secondary N) is 1. The lowest BCUT2D eigenvalue weighted by Gasteiger charge is -2.09. The van der Waals surface area contributed by atoms with Gasteiger partial charge in [-0.1, -0.05) is 24.3 Å². The number of carbonyl (C=O) groups excluding carboxylic acids is 1. The summed E-state index contributed by atoms with van der Waals surface area (Å²) in [4.78, 5) is 16.3. The number of anilines is 1. The molecule has 0 fully saturated rings. The predicted molar refractivity (Wildman–Crippen MR) is 95.0 cm³/mol. The van der Waals surface area contributed by atoms with Crippen molar-refractivity contribution in [2.24, 2.45) is 0 Å². The van der Waals surface area contributed by atoms with Crippen molar-refractivity contribution in [2.75, 3.05) is 11.9 Å². The summed E-state index contributed by atoms with van der Waals surface area (Å²) in [5.41, 5.74) is 1.52. The minimum atomic E-state index is -0.199. The summed E-state index contributed by atoms with van der Waals surface area (Å²) >= 11 is 2.20. The highest BCUT2D eigenvalue weighted by Crippen LogP contribution is 2.22. The first-order valence-corrected chi connectivity index (χ1v) is 7.82. The van der Waals surface area contributed by atoms with E-state index in [1.165, 1.54) is 0 Å². The molecule has 0 saturated carbocycles. The van der Waals surface area contributed by atoms with E-state index in [-0.39, 0.29) is 12.5 Å². The van der Waals surface area contributed by atoms with Crippen molar-refractivity contribution in [3.05, 3.63) is 64.4 Å². The van der Waals surface area contributed by atoms with Crippen LogP contribution in [0.15, 0.2) is 60.8 Å². The number of para-hydroxylation sites is 1. The van der Waals surface area contributed by atoms with Gasteiger partial charge in [-0.2, -0.15) is 0 Å². The summed E-state index contributed by atoms with van der Waals surface area (Å²) in [6.45, 7) is -0.0544. The first-order chi connectivity index (χ1) is 10.7. The number of carbonyl (C=O) groups is 1. The molecule has 0 atom stereocenters. The van der Waals surface area contributed by atoms with Crippen LogP contribution in [0.3, 0.4) is 0 Å². The zero-order chi connectivity index (χ0) is 15.4. The number of hydrogen-bond acceptors (Lipinski definition) is 3. The van der Waals surface area contributed by atoms with E-state index in [9.17, 15) is 4.79 Å². The van der Waals surface area contributed by atoms with Gasteiger partial charge in [-0.15, -0.1) is 0 Å². The zero-order valence-corrected chi connectivity index (χ0v) is 13.8. The quantitative estimate of drug-likeness (QED) is 0.673. The van der Waals surface area contributed by atoms with Crippen LogP contribution in [0.4, 0.5) is 5.69 Å². The Hall–Kier alpha value is -2.15. The van der Waals surface area contributed by atoms with Gasteiger partial charge in [0.05, 0.1) is 0 Å². The van der Waals surface area contributed by atoms with Gasteiger partial charge in [0.2, 0.25) is 0 Å². The van der Waals surface area contributed by atoms with Gasteiger partial charge in [-0.25, -0.2) is 0 Å². The Kier molecular flexibility index (Phi) is 4.53. The minimum absolute atomic E-state index is 0.0544. The molecule has 4 nitrogen and oxygen atoms in total. The summed E-state index contributed by atoms with van der Waals surface area (Å²) < 4.78 is 6.67. The number of ether oxygens (including phenoxy) is 1. The predicted octanol–water partition coefficient (Wildman–Crippen LogP) is 3.86. The Morgan fingerprint density at radius 1 is 1.14 bits per heavy atom. The van der Waals surface area contributed by atoms with Crippen molar-refractivity contribution in [2.45, 2.75) is 0 Å². The molecule has 5 heteroatoms. The van der Waals surface area contributed by atoms with Crippen LogP contribution in [-0.2, 0) is 4.79 Å². The molecule has 0 aliphatic heterocycles. The molecule has 2 aromatic carbocycles. The molecule has 3 rings (SSSR count). The van der Waals surface area contributed by atoms with Crippen LogP contribution in [0.1, 0.15) is 0 Å². The Balaban J connectivity index is 1.68. The number of benzene rings is 2. The largest absolute Gasteiger partial charge is 0.481 e. The molecular weight excluding hydrogens is 391 g/mol. The number of rotatable bonds is 4. The van der Waals surface area contributed by atoms with Gasteiger partial charge in [-0.05, 0) is 52.9 Å². The lowest BCUT2D eigenvalue weighted by molar-refractivity contribution is -0.118. The van der Waals surface area contributed by atoms with Crippen LogP contribution in [0.2, 0.25) is 0 Å². The van der Waals surface area contributed by atoms with Crippen molar-refractivity contribution >= 4 is 45.1 Å². The number of hydrogen-bond donors (Lipinski definition) is 1. The molecule has 0 radical (unpaired) electrons. The molecule has 3 aromatic rings. The second-order valence-electron chi connectivity index (χ2n) is 4.68. The fraction of sp³-hybridized carbons (Fsp3) is 0.0588. The van der Waals surface area contributed by atoms with Gasteiger partial charge in [0.1, 0.15) is 11.3 Å². The molecule has 0 saturated heterocycles.